The third-order valence-electron chi connectivity index (χ3n) is 2.85. The molecule has 0 aliphatic heterocycles. The van der Waals surface area contributed by atoms with Gasteiger partial charge in [-0.1, -0.05) is 15.9 Å². The summed E-state index contributed by atoms with van der Waals surface area (Å²) >= 11 is 3.43. The first kappa shape index (κ1) is 16.0. The van der Waals surface area contributed by atoms with Gasteiger partial charge >= 0.3 is 5.97 Å². The van der Waals surface area contributed by atoms with Crippen LogP contribution in [0, 0.1) is 12.3 Å². The number of aryl methyl sites for hydroxylation is 1. The smallest absolute Gasteiger partial charge is 0.314 e. The molecule has 1 aromatic rings. The molecule has 19 heavy (non-hydrogen) atoms. The van der Waals surface area contributed by atoms with Gasteiger partial charge in [0, 0.05) is 16.6 Å². The highest BCUT2D eigenvalue weighted by molar-refractivity contribution is 9.10. The van der Waals surface area contributed by atoms with E-state index in [0.717, 1.165) is 21.3 Å². The third kappa shape index (κ3) is 3.94. The zero-order valence-corrected chi connectivity index (χ0v) is 13.3. The number of methoxy groups -OCH3 is 1. The number of hydrogen-bond acceptors (Lipinski definition) is 4. The van der Waals surface area contributed by atoms with Gasteiger partial charge in [-0.3, -0.25) is 4.79 Å². The Balaban J connectivity index is 2.92. The van der Waals surface area contributed by atoms with E-state index in [2.05, 4.69) is 15.9 Å². The molecule has 0 saturated heterocycles. The number of ether oxygens (including phenoxy) is 2. The van der Waals surface area contributed by atoms with Crippen molar-refractivity contribution < 1.29 is 14.3 Å². The molecule has 0 amide bonds. The van der Waals surface area contributed by atoms with Crippen LogP contribution in [-0.2, 0) is 16.1 Å². The van der Waals surface area contributed by atoms with Crippen molar-refractivity contribution in [3.8, 4) is 5.75 Å². The van der Waals surface area contributed by atoms with Crippen LogP contribution in [0.15, 0.2) is 16.6 Å². The van der Waals surface area contributed by atoms with Crippen molar-refractivity contribution in [1.82, 2.24) is 0 Å². The zero-order chi connectivity index (χ0) is 14.6. The summed E-state index contributed by atoms with van der Waals surface area (Å²) in [6, 6.07) is 3.88. The maximum Gasteiger partial charge on any atom is 0.314 e. The van der Waals surface area contributed by atoms with Gasteiger partial charge in [-0.15, -0.1) is 0 Å². The van der Waals surface area contributed by atoms with Crippen molar-refractivity contribution in [2.24, 2.45) is 11.1 Å². The van der Waals surface area contributed by atoms with Crippen molar-refractivity contribution in [2.75, 3.05) is 13.7 Å². The monoisotopic (exact) mass is 329 g/mol. The maximum absolute atomic E-state index is 11.6. The van der Waals surface area contributed by atoms with Gasteiger partial charge in [-0.25, -0.2) is 0 Å². The van der Waals surface area contributed by atoms with Crippen LogP contribution in [0.1, 0.15) is 25.0 Å². The fraction of sp³-hybridized carbons (Fsp3) is 0.500. The predicted molar refractivity (Wildman–Crippen MR) is 78.1 cm³/mol. The quantitative estimate of drug-likeness (QED) is 0.844. The Kier molecular flexibility index (Phi) is 5.38. The molecular weight excluding hydrogens is 310 g/mol. The van der Waals surface area contributed by atoms with Crippen molar-refractivity contribution in [3.63, 3.8) is 0 Å². The van der Waals surface area contributed by atoms with Crippen LogP contribution in [-0.4, -0.2) is 19.7 Å². The summed E-state index contributed by atoms with van der Waals surface area (Å²) in [5.41, 5.74) is 6.92. The highest BCUT2D eigenvalue weighted by atomic mass is 79.9. The molecule has 0 aliphatic carbocycles. The summed E-state index contributed by atoms with van der Waals surface area (Å²) < 4.78 is 11.5. The minimum absolute atomic E-state index is 0.245. The van der Waals surface area contributed by atoms with E-state index in [1.54, 1.807) is 13.8 Å². The van der Waals surface area contributed by atoms with Gasteiger partial charge in [0.05, 0.1) is 12.5 Å². The van der Waals surface area contributed by atoms with Crippen LogP contribution in [0.25, 0.3) is 0 Å². The van der Waals surface area contributed by atoms with E-state index in [0.29, 0.717) is 6.54 Å². The number of rotatable bonds is 5. The second-order valence-corrected chi connectivity index (χ2v) is 5.99. The van der Waals surface area contributed by atoms with Gasteiger partial charge in [0.15, 0.2) is 0 Å². The highest BCUT2D eigenvalue weighted by Crippen LogP contribution is 2.29. The first-order chi connectivity index (χ1) is 8.81. The lowest BCUT2D eigenvalue weighted by molar-refractivity contribution is -0.152. The summed E-state index contributed by atoms with van der Waals surface area (Å²) in [6.45, 7) is 6.15. The van der Waals surface area contributed by atoms with Crippen molar-refractivity contribution in [2.45, 2.75) is 27.3 Å². The second kappa shape index (κ2) is 6.39. The molecule has 5 heteroatoms. The summed E-state index contributed by atoms with van der Waals surface area (Å²) in [5.74, 6) is 0.444. The summed E-state index contributed by atoms with van der Waals surface area (Å²) in [6.07, 6.45) is 0. The lowest BCUT2D eigenvalue weighted by Crippen LogP contribution is -2.32. The average molecular weight is 330 g/mol. The normalized spacial score (nSPS) is 11.3. The largest absolute Gasteiger partial charge is 0.492 e. The molecule has 0 aliphatic rings. The van der Waals surface area contributed by atoms with Gasteiger partial charge in [-0.05, 0) is 38.5 Å². The second-order valence-electron chi connectivity index (χ2n) is 5.08. The standard InChI is InChI=1S/C14H20BrNO3/c1-9-5-11(15)6-10(7-16)12(9)19-8-14(2,3)13(17)18-4/h5-6H,7-8,16H2,1-4H3. The molecule has 0 heterocycles. The fourth-order valence-electron chi connectivity index (χ4n) is 1.75. The van der Waals surface area contributed by atoms with Gasteiger partial charge in [0.25, 0.3) is 0 Å². The topological polar surface area (TPSA) is 61.5 Å². The van der Waals surface area contributed by atoms with Crippen molar-refractivity contribution in [1.29, 1.82) is 0 Å². The molecule has 1 rings (SSSR count). The maximum atomic E-state index is 11.6. The van der Waals surface area contributed by atoms with E-state index in [1.807, 2.05) is 19.1 Å². The molecule has 0 unspecified atom stereocenters. The molecule has 0 saturated carbocycles. The molecule has 0 aromatic heterocycles. The Bertz CT molecular complexity index is 472. The van der Waals surface area contributed by atoms with Crippen LogP contribution in [0.5, 0.6) is 5.75 Å². The van der Waals surface area contributed by atoms with Crippen LogP contribution in [0.3, 0.4) is 0 Å². The number of hydrogen-bond donors (Lipinski definition) is 1. The van der Waals surface area contributed by atoms with E-state index >= 15 is 0 Å². The predicted octanol–water partition coefficient (Wildman–Crippen LogP) is 2.79. The van der Waals surface area contributed by atoms with Gasteiger partial charge in [0.1, 0.15) is 12.4 Å². The molecule has 0 atom stereocenters. The number of halogens is 1. The number of benzene rings is 1. The lowest BCUT2D eigenvalue weighted by atomic mass is 9.95. The summed E-state index contributed by atoms with van der Waals surface area (Å²) in [5, 5.41) is 0. The first-order valence-electron chi connectivity index (χ1n) is 6.02. The molecule has 0 bridgehead atoms. The van der Waals surface area contributed by atoms with Crippen LogP contribution >= 0.6 is 15.9 Å². The molecule has 0 fully saturated rings. The van der Waals surface area contributed by atoms with Crippen LogP contribution < -0.4 is 10.5 Å². The van der Waals surface area contributed by atoms with E-state index in [4.69, 9.17) is 15.2 Å². The first-order valence-corrected chi connectivity index (χ1v) is 6.81. The summed E-state index contributed by atoms with van der Waals surface area (Å²) in [4.78, 5) is 11.6. The molecule has 4 nitrogen and oxygen atoms in total. The Labute approximate surface area is 122 Å². The number of nitrogens with two attached hydrogens (primary N) is 1. The SMILES string of the molecule is COC(=O)C(C)(C)COc1c(C)cc(Br)cc1CN. The molecule has 1 aromatic carbocycles. The highest BCUT2D eigenvalue weighted by Gasteiger charge is 2.30. The zero-order valence-electron chi connectivity index (χ0n) is 11.7. The molecule has 2 N–H and O–H groups in total. The van der Waals surface area contributed by atoms with E-state index in [-0.39, 0.29) is 12.6 Å². The van der Waals surface area contributed by atoms with E-state index < -0.39 is 5.41 Å². The molecule has 0 spiro atoms. The van der Waals surface area contributed by atoms with Crippen molar-refractivity contribution in [3.05, 3.63) is 27.7 Å². The number of esters is 1. The Hall–Kier alpha value is -1.07. The fourth-order valence-corrected chi connectivity index (χ4v) is 2.36. The van der Waals surface area contributed by atoms with Gasteiger partial charge in [-0.2, -0.15) is 0 Å². The number of carbonyl (C=O) groups excluding carboxylic acids is 1. The Morgan fingerprint density at radius 3 is 2.58 bits per heavy atom. The molecule has 106 valence electrons. The summed E-state index contributed by atoms with van der Waals surface area (Å²) in [7, 11) is 1.38. The Morgan fingerprint density at radius 2 is 2.05 bits per heavy atom. The van der Waals surface area contributed by atoms with Gasteiger partial charge < -0.3 is 15.2 Å². The minimum Gasteiger partial charge on any atom is -0.492 e. The van der Waals surface area contributed by atoms with Crippen molar-refractivity contribution >= 4 is 21.9 Å². The average Bonchev–Trinajstić information content (AvgIpc) is 2.35. The Morgan fingerprint density at radius 1 is 1.42 bits per heavy atom. The van der Waals surface area contributed by atoms with E-state index in [9.17, 15) is 4.79 Å². The minimum atomic E-state index is -0.694. The number of carbonyl (C=O) groups is 1. The van der Waals surface area contributed by atoms with E-state index in [1.165, 1.54) is 7.11 Å². The van der Waals surface area contributed by atoms with Crippen LogP contribution in [0.2, 0.25) is 0 Å². The van der Waals surface area contributed by atoms with Crippen LogP contribution in [0.4, 0.5) is 0 Å². The van der Waals surface area contributed by atoms with Gasteiger partial charge in [0.2, 0.25) is 0 Å². The molecule has 0 radical (unpaired) electrons. The molecular formula is C14H20BrNO3. The third-order valence-corrected chi connectivity index (χ3v) is 3.31. The lowest BCUT2D eigenvalue weighted by Gasteiger charge is -2.23.